The molecule has 0 aliphatic heterocycles. The van der Waals surface area contributed by atoms with E-state index in [2.05, 4.69) is 16.7 Å². The lowest BCUT2D eigenvalue weighted by molar-refractivity contribution is 0.199. The zero-order chi connectivity index (χ0) is 15.4. The summed E-state index contributed by atoms with van der Waals surface area (Å²) in [6.45, 7) is 5.69. The molecule has 21 heavy (non-hydrogen) atoms. The number of aryl methyl sites for hydroxylation is 2. The fraction of sp³-hybridized carbons (Fsp3) is 0.235. The van der Waals surface area contributed by atoms with Gasteiger partial charge in [0.15, 0.2) is 0 Å². The first-order valence-corrected chi connectivity index (χ1v) is 6.88. The van der Waals surface area contributed by atoms with Gasteiger partial charge in [-0.05, 0) is 61.7 Å². The van der Waals surface area contributed by atoms with Gasteiger partial charge in [0.25, 0.3) is 0 Å². The number of benzene rings is 2. The summed E-state index contributed by atoms with van der Waals surface area (Å²) in [5.74, 6) is 0. The van der Waals surface area contributed by atoms with Gasteiger partial charge in [-0.2, -0.15) is 0 Å². The molecule has 0 fully saturated rings. The molecule has 1 unspecified atom stereocenters. The Labute approximate surface area is 124 Å². The van der Waals surface area contributed by atoms with Crippen LogP contribution in [-0.2, 0) is 0 Å². The van der Waals surface area contributed by atoms with Crippen molar-refractivity contribution in [3.8, 4) is 0 Å². The lowest BCUT2D eigenvalue weighted by atomic mass is 10.1. The number of aliphatic hydroxyl groups excluding tert-OH is 1. The highest BCUT2D eigenvalue weighted by atomic mass is 16.3. The van der Waals surface area contributed by atoms with E-state index in [0.29, 0.717) is 5.69 Å². The Kier molecular flexibility index (Phi) is 4.60. The van der Waals surface area contributed by atoms with E-state index < -0.39 is 6.10 Å². The van der Waals surface area contributed by atoms with Crippen molar-refractivity contribution in [3.63, 3.8) is 0 Å². The molecule has 0 saturated heterocycles. The van der Waals surface area contributed by atoms with Crippen molar-refractivity contribution >= 4 is 17.4 Å². The first-order valence-electron chi connectivity index (χ1n) is 6.88. The van der Waals surface area contributed by atoms with Gasteiger partial charge in [0.1, 0.15) is 0 Å². The predicted octanol–water partition coefficient (Wildman–Crippen LogP) is 4.00. The molecule has 0 bridgehead atoms. The molecule has 0 saturated carbocycles. The smallest absolute Gasteiger partial charge is 0.323 e. The van der Waals surface area contributed by atoms with Crippen LogP contribution in [0.2, 0.25) is 0 Å². The number of hydrogen-bond acceptors (Lipinski definition) is 2. The van der Waals surface area contributed by atoms with Crippen molar-refractivity contribution in [2.24, 2.45) is 0 Å². The summed E-state index contributed by atoms with van der Waals surface area (Å²) in [6.07, 6.45) is -0.511. The van der Waals surface area contributed by atoms with Crippen LogP contribution in [0.15, 0.2) is 42.5 Å². The van der Waals surface area contributed by atoms with Gasteiger partial charge in [-0.25, -0.2) is 4.79 Å². The van der Waals surface area contributed by atoms with E-state index in [1.807, 2.05) is 26.0 Å². The molecule has 0 heterocycles. The lowest BCUT2D eigenvalue weighted by Gasteiger charge is -2.10. The summed E-state index contributed by atoms with van der Waals surface area (Å²) >= 11 is 0. The van der Waals surface area contributed by atoms with Gasteiger partial charge in [0, 0.05) is 11.4 Å². The van der Waals surface area contributed by atoms with Crippen LogP contribution in [-0.4, -0.2) is 11.1 Å². The van der Waals surface area contributed by atoms with Gasteiger partial charge in [0.2, 0.25) is 0 Å². The van der Waals surface area contributed by atoms with Crippen LogP contribution in [0.1, 0.15) is 29.7 Å². The molecule has 1 atom stereocenters. The number of amides is 2. The molecule has 3 N–H and O–H groups in total. The summed E-state index contributed by atoms with van der Waals surface area (Å²) in [6, 6.07) is 12.7. The third-order valence-corrected chi connectivity index (χ3v) is 3.13. The Bertz CT molecular complexity index is 613. The van der Waals surface area contributed by atoms with E-state index in [9.17, 15) is 9.90 Å². The molecule has 4 nitrogen and oxygen atoms in total. The first kappa shape index (κ1) is 15.1. The van der Waals surface area contributed by atoms with Crippen molar-refractivity contribution in [3.05, 3.63) is 59.2 Å². The number of hydrogen-bond donors (Lipinski definition) is 3. The maximum atomic E-state index is 12.0. The van der Waals surface area contributed by atoms with Crippen molar-refractivity contribution in [1.82, 2.24) is 0 Å². The van der Waals surface area contributed by atoms with Gasteiger partial charge < -0.3 is 15.7 Å². The Morgan fingerprint density at radius 3 is 2.00 bits per heavy atom. The third kappa shape index (κ3) is 4.33. The van der Waals surface area contributed by atoms with Gasteiger partial charge in [-0.15, -0.1) is 0 Å². The summed E-state index contributed by atoms with van der Waals surface area (Å²) < 4.78 is 0. The molecule has 4 heteroatoms. The molecular weight excluding hydrogens is 264 g/mol. The van der Waals surface area contributed by atoms with E-state index in [1.54, 1.807) is 31.2 Å². The van der Waals surface area contributed by atoms with Gasteiger partial charge in [-0.3, -0.25) is 0 Å². The minimum absolute atomic E-state index is 0.287. The van der Waals surface area contributed by atoms with Crippen LogP contribution >= 0.6 is 0 Å². The number of anilines is 2. The van der Waals surface area contributed by atoms with Crippen LogP contribution in [0.5, 0.6) is 0 Å². The molecule has 2 aromatic carbocycles. The number of carbonyl (C=O) groups excluding carboxylic acids is 1. The highest BCUT2D eigenvalue weighted by molar-refractivity contribution is 5.99. The predicted molar refractivity (Wildman–Crippen MR) is 85.6 cm³/mol. The number of rotatable bonds is 3. The topological polar surface area (TPSA) is 61.4 Å². The average molecular weight is 284 g/mol. The molecule has 0 spiro atoms. The van der Waals surface area contributed by atoms with Crippen molar-refractivity contribution in [2.45, 2.75) is 26.9 Å². The minimum Gasteiger partial charge on any atom is -0.389 e. The minimum atomic E-state index is -0.511. The van der Waals surface area contributed by atoms with Gasteiger partial charge in [-0.1, -0.05) is 18.2 Å². The average Bonchev–Trinajstić information content (AvgIpc) is 2.37. The van der Waals surface area contributed by atoms with Crippen molar-refractivity contribution < 1.29 is 9.90 Å². The molecule has 0 aliphatic carbocycles. The highest BCUT2D eigenvalue weighted by Crippen LogP contribution is 2.17. The van der Waals surface area contributed by atoms with E-state index in [0.717, 1.165) is 22.4 Å². The number of nitrogens with one attached hydrogen (secondary N) is 2. The molecule has 2 rings (SSSR count). The number of carbonyl (C=O) groups is 1. The van der Waals surface area contributed by atoms with E-state index in [4.69, 9.17) is 0 Å². The zero-order valence-electron chi connectivity index (χ0n) is 12.5. The molecule has 0 aromatic heterocycles. The molecule has 0 radical (unpaired) electrons. The maximum absolute atomic E-state index is 12.0. The van der Waals surface area contributed by atoms with Crippen LogP contribution in [0.4, 0.5) is 16.2 Å². The van der Waals surface area contributed by atoms with Crippen LogP contribution in [0.3, 0.4) is 0 Å². The lowest BCUT2D eigenvalue weighted by Crippen LogP contribution is -2.19. The molecule has 0 aliphatic rings. The Morgan fingerprint density at radius 2 is 1.48 bits per heavy atom. The number of urea groups is 1. The Morgan fingerprint density at radius 1 is 0.952 bits per heavy atom. The zero-order valence-corrected chi connectivity index (χ0v) is 12.5. The third-order valence-electron chi connectivity index (χ3n) is 3.13. The summed E-state index contributed by atoms with van der Waals surface area (Å²) in [5.41, 5.74) is 4.47. The van der Waals surface area contributed by atoms with E-state index in [-0.39, 0.29) is 6.03 Å². The second-order valence-corrected chi connectivity index (χ2v) is 5.25. The normalized spacial score (nSPS) is 11.8. The molecular formula is C17H20N2O2. The molecule has 2 aromatic rings. The molecule has 2 amide bonds. The Balaban J connectivity index is 2.01. The second-order valence-electron chi connectivity index (χ2n) is 5.25. The Hall–Kier alpha value is -2.33. The summed E-state index contributed by atoms with van der Waals surface area (Å²) in [4.78, 5) is 12.0. The van der Waals surface area contributed by atoms with Crippen LogP contribution in [0, 0.1) is 13.8 Å². The van der Waals surface area contributed by atoms with Gasteiger partial charge in [0.05, 0.1) is 6.10 Å². The van der Waals surface area contributed by atoms with Crippen LogP contribution in [0.25, 0.3) is 0 Å². The van der Waals surface area contributed by atoms with Crippen LogP contribution < -0.4 is 10.6 Å². The summed E-state index contributed by atoms with van der Waals surface area (Å²) in [5, 5.41) is 15.0. The quantitative estimate of drug-likeness (QED) is 0.797. The summed E-state index contributed by atoms with van der Waals surface area (Å²) in [7, 11) is 0. The highest BCUT2D eigenvalue weighted by Gasteiger charge is 2.05. The standard InChI is InChI=1S/C17H20N2O2/c1-11-8-12(2)10-16(9-11)19-17(21)18-15-6-4-14(5-7-15)13(3)20/h4-10,13,20H,1-3H3,(H2,18,19,21). The second kappa shape index (κ2) is 6.41. The maximum Gasteiger partial charge on any atom is 0.323 e. The fourth-order valence-electron chi connectivity index (χ4n) is 2.19. The van der Waals surface area contributed by atoms with Gasteiger partial charge >= 0.3 is 6.03 Å². The monoisotopic (exact) mass is 284 g/mol. The first-order chi connectivity index (χ1) is 9.94. The van der Waals surface area contributed by atoms with E-state index in [1.165, 1.54) is 0 Å². The van der Waals surface area contributed by atoms with E-state index >= 15 is 0 Å². The molecule has 110 valence electrons. The number of aliphatic hydroxyl groups is 1. The fourth-order valence-corrected chi connectivity index (χ4v) is 2.19. The van der Waals surface area contributed by atoms with Crippen molar-refractivity contribution in [2.75, 3.05) is 10.6 Å². The largest absolute Gasteiger partial charge is 0.389 e. The SMILES string of the molecule is Cc1cc(C)cc(NC(=O)Nc2ccc(C(C)O)cc2)c1. The van der Waals surface area contributed by atoms with Crippen molar-refractivity contribution in [1.29, 1.82) is 0 Å².